The maximum atomic E-state index is 12.1. The molecular weight excluding hydrogens is 418 g/mol. The lowest BCUT2D eigenvalue weighted by Gasteiger charge is -2.09. The van der Waals surface area contributed by atoms with Gasteiger partial charge in [-0.05, 0) is 56.2 Å². The fraction of sp³-hybridized carbons (Fsp3) is 0.435. The van der Waals surface area contributed by atoms with Gasteiger partial charge in [-0.1, -0.05) is 31.0 Å². The van der Waals surface area contributed by atoms with Crippen LogP contribution in [0.3, 0.4) is 0 Å². The summed E-state index contributed by atoms with van der Waals surface area (Å²) in [6.07, 6.45) is 3.22. The summed E-state index contributed by atoms with van der Waals surface area (Å²) in [7, 11) is -3.80. The van der Waals surface area contributed by atoms with Gasteiger partial charge in [0.25, 0.3) is 10.1 Å². The smallest absolute Gasteiger partial charge is 0.297 e. The number of ether oxygens (including phenoxy) is 2. The molecule has 0 aliphatic heterocycles. The highest BCUT2D eigenvalue weighted by atomic mass is 32.2. The first-order chi connectivity index (χ1) is 14.9. The SMILES string of the molecule is CCCCOCCCC(=O)Nc1ccc(OCCOS(=O)(=O)c2ccc(C)cc2)cc1. The van der Waals surface area contributed by atoms with E-state index in [1.807, 2.05) is 6.92 Å². The van der Waals surface area contributed by atoms with Gasteiger partial charge in [0.1, 0.15) is 19.0 Å². The van der Waals surface area contributed by atoms with Gasteiger partial charge >= 0.3 is 0 Å². The van der Waals surface area contributed by atoms with Gasteiger partial charge < -0.3 is 14.8 Å². The van der Waals surface area contributed by atoms with Crippen LogP contribution in [-0.4, -0.2) is 40.8 Å². The zero-order valence-electron chi connectivity index (χ0n) is 18.1. The third-order valence-corrected chi connectivity index (χ3v) is 5.70. The number of aryl methyl sites for hydroxylation is 1. The lowest BCUT2D eigenvalue weighted by atomic mass is 10.2. The van der Waals surface area contributed by atoms with E-state index in [1.54, 1.807) is 36.4 Å². The number of amides is 1. The summed E-state index contributed by atoms with van der Waals surface area (Å²) in [5, 5.41) is 2.83. The van der Waals surface area contributed by atoms with E-state index in [-0.39, 0.29) is 24.0 Å². The van der Waals surface area contributed by atoms with Gasteiger partial charge in [0, 0.05) is 25.3 Å². The fourth-order valence-corrected chi connectivity index (χ4v) is 3.51. The minimum atomic E-state index is -3.80. The molecule has 0 spiro atoms. The van der Waals surface area contributed by atoms with E-state index in [0.717, 1.165) is 25.0 Å². The van der Waals surface area contributed by atoms with Gasteiger partial charge in [-0.15, -0.1) is 0 Å². The predicted molar refractivity (Wildman–Crippen MR) is 120 cm³/mol. The van der Waals surface area contributed by atoms with Crippen LogP contribution in [0, 0.1) is 6.92 Å². The second kappa shape index (κ2) is 13.1. The molecular formula is C23H31NO6S. The number of carbonyl (C=O) groups is 1. The first-order valence-electron chi connectivity index (χ1n) is 10.5. The zero-order chi connectivity index (χ0) is 22.5. The molecule has 2 rings (SSSR count). The van der Waals surface area contributed by atoms with E-state index in [4.69, 9.17) is 13.7 Å². The van der Waals surface area contributed by atoms with E-state index in [9.17, 15) is 13.2 Å². The standard InChI is InChI=1S/C23H31NO6S/c1-3-4-15-28-16-5-6-23(25)24-20-9-11-21(12-10-20)29-17-18-30-31(26,27)22-13-7-19(2)8-14-22/h7-14H,3-6,15-18H2,1-2H3,(H,24,25). The van der Waals surface area contributed by atoms with Crippen molar-refractivity contribution >= 4 is 21.7 Å². The molecule has 2 aromatic carbocycles. The van der Waals surface area contributed by atoms with E-state index in [0.29, 0.717) is 30.9 Å². The van der Waals surface area contributed by atoms with Gasteiger partial charge in [-0.2, -0.15) is 8.42 Å². The molecule has 0 radical (unpaired) electrons. The topological polar surface area (TPSA) is 90.9 Å². The predicted octanol–water partition coefficient (Wildman–Crippen LogP) is 4.31. The van der Waals surface area contributed by atoms with Crippen LogP contribution >= 0.6 is 0 Å². The Balaban J connectivity index is 1.66. The Morgan fingerprint density at radius 3 is 2.26 bits per heavy atom. The maximum absolute atomic E-state index is 12.1. The van der Waals surface area contributed by atoms with Crippen molar-refractivity contribution in [2.45, 2.75) is 44.4 Å². The summed E-state index contributed by atoms with van der Waals surface area (Å²) in [5.74, 6) is 0.487. The molecule has 1 amide bonds. The Hall–Kier alpha value is -2.42. The fourth-order valence-electron chi connectivity index (χ4n) is 2.62. The quantitative estimate of drug-likeness (QED) is 0.341. The van der Waals surface area contributed by atoms with Crippen molar-refractivity contribution < 1.29 is 26.9 Å². The zero-order valence-corrected chi connectivity index (χ0v) is 18.9. The van der Waals surface area contributed by atoms with Gasteiger partial charge in [0.05, 0.1) is 4.90 Å². The molecule has 0 heterocycles. The van der Waals surface area contributed by atoms with Crippen LogP contribution in [0.25, 0.3) is 0 Å². The molecule has 170 valence electrons. The van der Waals surface area contributed by atoms with Crippen LogP contribution in [0.4, 0.5) is 5.69 Å². The molecule has 0 aromatic heterocycles. The second-order valence-corrected chi connectivity index (χ2v) is 8.70. The number of carbonyl (C=O) groups excluding carboxylic acids is 1. The van der Waals surface area contributed by atoms with Crippen LogP contribution < -0.4 is 10.1 Å². The number of benzene rings is 2. The minimum absolute atomic E-state index is 0.0672. The van der Waals surface area contributed by atoms with Gasteiger partial charge in [0.15, 0.2) is 0 Å². The highest BCUT2D eigenvalue weighted by Crippen LogP contribution is 2.17. The molecule has 0 aliphatic carbocycles. The van der Waals surface area contributed by atoms with Crippen LogP contribution in [0.2, 0.25) is 0 Å². The first kappa shape index (κ1) is 24.8. The molecule has 0 fully saturated rings. The van der Waals surface area contributed by atoms with Crippen LogP contribution in [0.5, 0.6) is 5.75 Å². The number of hydrogen-bond donors (Lipinski definition) is 1. The van der Waals surface area contributed by atoms with Crippen molar-refractivity contribution in [3.63, 3.8) is 0 Å². The van der Waals surface area contributed by atoms with Gasteiger partial charge in [0.2, 0.25) is 5.91 Å². The van der Waals surface area contributed by atoms with Crippen molar-refractivity contribution in [1.82, 2.24) is 0 Å². The lowest BCUT2D eigenvalue weighted by molar-refractivity contribution is -0.116. The molecule has 0 bridgehead atoms. The molecule has 0 saturated heterocycles. The summed E-state index contributed by atoms with van der Waals surface area (Å²) in [4.78, 5) is 12.1. The second-order valence-electron chi connectivity index (χ2n) is 7.08. The Morgan fingerprint density at radius 2 is 1.58 bits per heavy atom. The molecule has 0 saturated carbocycles. The summed E-state index contributed by atoms with van der Waals surface area (Å²) in [6, 6.07) is 13.3. The summed E-state index contributed by atoms with van der Waals surface area (Å²) < 4.78 is 40.2. The number of rotatable bonds is 14. The number of hydrogen-bond acceptors (Lipinski definition) is 6. The maximum Gasteiger partial charge on any atom is 0.297 e. The summed E-state index contributed by atoms with van der Waals surface area (Å²) in [5.41, 5.74) is 1.64. The first-order valence-corrected chi connectivity index (χ1v) is 11.9. The summed E-state index contributed by atoms with van der Waals surface area (Å²) in [6.45, 7) is 5.29. The van der Waals surface area contributed by atoms with Crippen molar-refractivity contribution in [3.05, 3.63) is 54.1 Å². The van der Waals surface area contributed by atoms with E-state index >= 15 is 0 Å². The largest absolute Gasteiger partial charge is 0.491 e. The van der Waals surface area contributed by atoms with Crippen LogP contribution in [0.1, 0.15) is 38.2 Å². The molecule has 0 atom stereocenters. The third-order valence-electron chi connectivity index (χ3n) is 4.37. The van der Waals surface area contributed by atoms with Crippen LogP contribution in [0.15, 0.2) is 53.4 Å². The van der Waals surface area contributed by atoms with Crippen molar-refractivity contribution in [2.24, 2.45) is 0 Å². The highest BCUT2D eigenvalue weighted by molar-refractivity contribution is 7.86. The van der Waals surface area contributed by atoms with Crippen molar-refractivity contribution in [1.29, 1.82) is 0 Å². The van der Waals surface area contributed by atoms with Crippen molar-refractivity contribution in [2.75, 3.05) is 31.7 Å². The van der Waals surface area contributed by atoms with Gasteiger partial charge in [-0.25, -0.2) is 0 Å². The molecule has 0 unspecified atom stereocenters. The molecule has 2 aromatic rings. The molecule has 31 heavy (non-hydrogen) atoms. The van der Waals surface area contributed by atoms with E-state index in [2.05, 4.69) is 12.2 Å². The third kappa shape index (κ3) is 9.50. The Kier molecular flexibility index (Phi) is 10.5. The number of unbranched alkanes of at least 4 members (excludes halogenated alkanes) is 1. The lowest BCUT2D eigenvalue weighted by Crippen LogP contribution is -2.13. The average Bonchev–Trinajstić information content (AvgIpc) is 2.75. The van der Waals surface area contributed by atoms with E-state index in [1.165, 1.54) is 12.1 Å². The summed E-state index contributed by atoms with van der Waals surface area (Å²) >= 11 is 0. The molecule has 8 heteroatoms. The Bertz CT molecular complexity index is 895. The van der Waals surface area contributed by atoms with Crippen LogP contribution in [-0.2, 0) is 23.8 Å². The number of anilines is 1. The monoisotopic (exact) mass is 449 g/mol. The molecule has 1 N–H and O–H groups in total. The minimum Gasteiger partial charge on any atom is -0.491 e. The Morgan fingerprint density at radius 1 is 0.903 bits per heavy atom. The average molecular weight is 450 g/mol. The van der Waals surface area contributed by atoms with Gasteiger partial charge in [-0.3, -0.25) is 8.98 Å². The number of nitrogens with one attached hydrogen (secondary N) is 1. The normalized spacial score (nSPS) is 11.3. The molecule has 0 aliphatic rings. The highest BCUT2D eigenvalue weighted by Gasteiger charge is 2.14. The Labute approximate surface area is 184 Å². The van der Waals surface area contributed by atoms with Crippen molar-refractivity contribution in [3.8, 4) is 5.75 Å². The van der Waals surface area contributed by atoms with E-state index < -0.39 is 10.1 Å². The molecule has 7 nitrogen and oxygen atoms in total.